The molecule has 1 unspecified atom stereocenters. The highest BCUT2D eigenvalue weighted by molar-refractivity contribution is 7.12. The van der Waals surface area contributed by atoms with E-state index in [1.54, 1.807) is 10.4 Å². The molecule has 0 spiro atoms. The Balaban J connectivity index is 1.81. The molecule has 0 radical (unpaired) electrons. The van der Waals surface area contributed by atoms with E-state index in [4.69, 9.17) is 10.5 Å². The lowest BCUT2D eigenvalue weighted by Gasteiger charge is -2.19. The van der Waals surface area contributed by atoms with Gasteiger partial charge >= 0.3 is 0 Å². The van der Waals surface area contributed by atoms with E-state index >= 15 is 0 Å². The van der Waals surface area contributed by atoms with Gasteiger partial charge < -0.3 is 10.5 Å². The van der Waals surface area contributed by atoms with Gasteiger partial charge in [0.15, 0.2) is 0 Å². The number of thiophene rings is 1. The number of fused-ring (bicyclic) bond motifs is 1. The summed E-state index contributed by atoms with van der Waals surface area (Å²) in [5.41, 5.74) is 7.88. The van der Waals surface area contributed by atoms with Crippen molar-refractivity contribution in [1.82, 2.24) is 0 Å². The highest BCUT2D eigenvalue weighted by Gasteiger charge is 2.20. The Morgan fingerprint density at radius 2 is 2.06 bits per heavy atom. The van der Waals surface area contributed by atoms with Crippen LogP contribution in [0.25, 0.3) is 0 Å². The third-order valence-corrected chi connectivity index (χ3v) is 5.16. The topological polar surface area (TPSA) is 35.2 Å². The van der Waals surface area contributed by atoms with Crippen LogP contribution < -0.4 is 5.73 Å². The number of nitrogens with two attached hydrogens (primary N) is 1. The molecular weight excluding hydrogens is 242 g/mol. The molecule has 0 aromatic carbocycles. The molecule has 1 aromatic heterocycles. The maximum Gasteiger partial charge on any atom is 0.114 e. The minimum Gasteiger partial charge on any atom is -0.496 e. The third kappa shape index (κ3) is 2.47. The molecule has 1 aliphatic heterocycles. The van der Waals surface area contributed by atoms with Gasteiger partial charge in [0.25, 0.3) is 0 Å². The van der Waals surface area contributed by atoms with E-state index in [1.807, 2.05) is 11.3 Å². The summed E-state index contributed by atoms with van der Waals surface area (Å²) in [5, 5.41) is 0. The summed E-state index contributed by atoms with van der Waals surface area (Å²) in [5.74, 6) is 0.984. The van der Waals surface area contributed by atoms with E-state index in [9.17, 15) is 0 Å². The minimum atomic E-state index is -0.0396. The molecule has 0 bridgehead atoms. The Morgan fingerprint density at radius 3 is 2.89 bits per heavy atom. The van der Waals surface area contributed by atoms with Crippen molar-refractivity contribution < 1.29 is 4.74 Å². The van der Waals surface area contributed by atoms with Gasteiger partial charge in [0, 0.05) is 9.75 Å². The highest BCUT2D eigenvalue weighted by Crippen LogP contribution is 2.34. The van der Waals surface area contributed by atoms with Crippen LogP contribution in [-0.4, -0.2) is 6.61 Å². The van der Waals surface area contributed by atoms with Crippen LogP contribution in [0.5, 0.6) is 0 Å². The van der Waals surface area contributed by atoms with Gasteiger partial charge in [-0.15, -0.1) is 11.3 Å². The van der Waals surface area contributed by atoms with Gasteiger partial charge in [-0.05, 0) is 56.2 Å². The van der Waals surface area contributed by atoms with Crippen molar-refractivity contribution in [3.63, 3.8) is 0 Å². The summed E-state index contributed by atoms with van der Waals surface area (Å²) < 4.78 is 5.69. The fourth-order valence-corrected chi connectivity index (χ4v) is 4.04. The molecule has 1 atom stereocenters. The molecule has 3 rings (SSSR count). The average molecular weight is 263 g/mol. The Bertz CT molecular complexity index is 426. The maximum atomic E-state index is 6.34. The van der Waals surface area contributed by atoms with Gasteiger partial charge in [0.2, 0.25) is 0 Å². The monoisotopic (exact) mass is 263 g/mol. The molecule has 2 aliphatic rings. The van der Waals surface area contributed by atoms with Crippen molar-refractivity contribution in [3.05, 3.63) is 33.2 Å². The molecule has 3 heteroatoms. The molecule has 2 nitrogen and oxygen atoms in total. The lowest BCUT2D eigenvalue weighted by molar-refractivity contribution is 0.176. The van der Waals surface area contributed by atoms with Crippen LogP contribution in [0.3, 0.4) is 0 Å². The predicted octanol–water partition coefficient (Wildman–Crippen LogP) is 3.71. The van der Waals surface area contributed by atoms with Crippen molar-refractivity contribution in [2.45, 2.75) is 51.0 Å². The van der Waals surface area contributed by atoms with Crippen molar-refractivity contribution in [2.24, 2.45) is 5.73 Å². The number of hydrogen-bond donors (Lipinski definition) is 1. The zero-order chi connectivity index (χ0) is 12.4. The van der Waals surface area contributed by atoms with Gasteiger partial charge in [0.1, 0.15) is 5.76 Å². The average Bonchev–Trinajstić information content (AvgIpc) is 2.70. The van der Waals surface area contributed by atoms with Crippen molar-refractivity contribution in [3.8, 4) is 0 Å². The van der Waals surface area contributed by atoms with E-state index in [-0.39, 0.29) is 6.04 Å². The zero-order valence-corrected chi connectivity index (χ0v) is 11.6. The second kappa shape index (κ2) is 5.45. The van der Waals surface area contributed by atoms with Crippen LogP contribution in [0, 0.1) is 0 Å². The van der Waals surface area contributed by atoms with Crippen LogP contribution in [0.15, 0.2) is 17.9 Å². The molecule has 0 amide bonds. The summed E-state index contributed by atoms with van der Waals surface area (Å²) in [7, 11) is 0. The summed E-state index contributed by atoms with van der Waals surface area (Å²) in [4.78, 5) is 2.85. The van der Waals surface area contributed by atoms with Gasteiger partial charge in [-0.2, -0.15) is 0 Å². The van der Waals surface area contributed by atoms with Crippen LogP contribution in [0.4, 0.5) is 0 Å². The summed E-state index contributed by atoms with van der Waals surface area (Å²) in [6.07, 6.45) is 10.9. The van der Waals surface area contributed by atoms with Gasteiger partial charge in [-0.25, -0.2) is 0 Å². The number of aryl methyl sites for hydroxylation is 2. The van der Waals surface area contributed by atoms with E-state index < -0.39 is 0 Å². The Morgan fingerprint density at radius 1 is 1.17 bits per heavy atom. The second-order valence-electron chi connectivity index (χ2n) is 5.23. The molecule has 2 N–H and O–H groups in total. The number of ether oxygens (including phenoxy) is 1. The van der Waals surface area contributed by atoms with Crippen molar-refractivity contribution in [1.29, 1.82) is 0 Å². The molecule has 2 heterocycles. The molecule has 18 heavy (non-hydrogen) atoms. The number of rotatable bonds is 2. The first-order valence-corrected chi connectivity index (χ1v) is 7.86. The van der Waals surface area contributed by atoms with E-state index in [0.717, 1.165) is 25.2 Å². The number of hydrogen-bond acceptors (Lipinski definition) is 3. The van der Waals surface area contributed by atoms with Crippen LogP contribution >= 0.6 is 11.3 Å². The lowest BCUT2D eigenvalue weighted by Crippen LogP contribution is -2.16. The smallest absolute Gasteiger partial charge is 0.114 e. The van der Waals surface area contributed by atoms with Gasteiger partial charge in [-0.3, -0.25) is 0 Å². The highest BCUT2D eigenvalue weighted by atomic mass is 32.1. The summed E-state index contributed by atoms with van der Waals surface area (Å²) in [6, 6.07) is 2.29. The van der Waals surface area contributed by atoms with Crippen LogP contribution in [-0.2, 0) is 17.6 Å². The van der Waals surface area contributed by atoms with Crippen LogP contribution in [0.2, 0.25) is 0 Å². The first kappa shape index (κ1) is 12.2. The zero-order valence-electron chi connectivity index (χ0n) is 10.8. The fraction of sp³-hybridized carbons (Fsp3) is 0.600. The standard InChI is InChI=1S/C15H21NOS/c16-15(12-7-4-5-9-17-12)14-10-11-6-2-1-3-8-13(11)18-14/h7,10,15H,1-6,8-9,16H2. The second-order valence-corrected chi connectivity index (χ2v) is 6.40. The van der Waals surface area contributed by atoms with Crippen molar-refractivity contribution >= 4 is 11.3 Å². The Kier molecular flexibility index (Phi) is 3.71. The molecule has 1 aromatic rings. The van der Waals surface area contributed by atoms with E-state index in [0.29, 0.717) is 0 Å². The maximum absolute atomic E-state index is 6.34. The molecule has 98 valence electrons. The summed E-state index contributed by atoms with van der Waals surface area (Å²) >= 11 is 1.90. The van der Waals surface area contributed by atoms with Gasteiger partial charge in [0.05, 0.1) is 12.6 Å². The first-order chi connectivity index (χ1) is 8.84. The molecule has 0 saturated carbocycles. The molecule has 0 saturated heterocycles. The van der Waals surface area contributed by atoms with E-state index in [1.165, 1.54) is 37.0 Å². The quantitative estimate of drug-likeness (QED) is 0.826. The molecular formula is C15H21NOS. The molecule has 0 fully saturated rings. The number of allylic oxidation sites excluding steroid dienone is 1. The third-order valence-electron chi connectivity index (χ3n) is 3.84. The predicted molar refractivity (Wildman–Crippen MR) is 75.8 cm³/mol. The van der Waals surface area contributed by atoms with Crippen molar-refractivity contribution in [2.75, 3.05) is 6.61 Å². The Hall–Kier alpha value is -0.800. The fourth-order valence-electron chi connectivity index (χ4n) is 2.78. The van der Waals surface area contributed by atoms with Gasteiger partial charge in [-0.1, -0.05) is 6.42 Å². The normalized spacial score (nSPS) is 21.5. The first-order valence-electron chi connectivity index (χ1n) is 7.04. The largest absolute Gasteiger partial charge is 0.496 e. The summed E-state index contributed by atoms with van der Waals surface area (Å²) in [6.45, 7) is 0.824. The minimum absolute atomic E-state index is 0.0396. The Labute approximate surface area is 113 Å². The molecule has 1 aliphatic carbocycles. The van der Waals surface area contributed by atoms with E-state index in [2.05, 4.69) is 12.1 Å². The SMILES string of the molecule is NC(C1=CCCCO1)c1cc2c(s1)CCCCC2. The van der Waals surface area contributed by atoms with Crippen LogP contribution in [0.1, 0.15) is 53.5 Å². The lowest BCUT2D eigenvalue weighted by atomic mass is 10.1.